The van der Waals surface area contributed by atoms with Gasteiger partial charge in [-0.3, -0.25) is 4.90 Å². The largest absolute Gasteiger partial charge is 0.287 e. The molecule has 1 aliphatic heterocycles. The van der Waals surface area contributed by atoms with Crippen molar-refractivity contribution in [2.75, 3.05) is 13.1 Å². The molecule has 0 amide bonds. The van der Waals surface area contributed by atoms with E-state index in [9.17, 15) is 8.78 Å². The van der Waals surface area contributed by atoms with Gasteiger partial charge in [-0.15, -0.1) is 0 Å². The van der Waals surface area contributed by atoms with Gasteiger partial charge in [-0.05, 0) is 11.6 Å². The molecule has 14 heavy (non-hydrogen) atoms. The van der Waals surface area contributed by atoms with Crippen LogP contribution < -0.4 is 0 Å². The summed E-state index contributed by atoms with van der Waals surface area (Å²) in [5.74, 6) is -2.50. The number of halogens is 3. The van der Waals surface area contributed by atoms with Crippen LogP contribution in [0.25, 0.3) is 0 Å². The number of hydrogen-bond donors (Lipinski definition) is 0. The van der Waals surface area contributed by atoms with Crippen molar-refractivity contribution < 1.29 is 8.78 Å². The monoisotopic (exact) mass is 218 g/mol. The lowest BCUT2D eigenvalue weighted by molar-refractivity contribution is -0.133. The smallest absolute Gasteiger partial charge is 0.272 e. The van der Waals surface area contributed by atoms with E-state index < -0.39 is 5.92 Å². The Labute approximate surface area is 85.5 Å². The Balaban J connectivity index is 1.90. The summed E-state index contributed by atoms with van der Waals surface area (Å²) in [4.78, 5) is 5.55. The quantitative estimate of drug-likeness (QED) is 0.708. The van der Waals surface area contributed by atoms with Crippen molar-refractivity contribution in [2.45, 2.75) is 12.5 Å². The van der Waals surface area contributed by atoms with Crippen molar-refractivity contribution in [3.63, 3.8) is 0 Å². The lowest BCUT2D eigenvalue weighted by Crippen LogP contribution is -2.55. The first-order chi connectivity index (χ1) is 6.55. The first-order valence-corrected chi connectivity index (χ1v) is 4.64. The zero-order chi connectivity index (χ0) is 10.2. The van der Waals surface area contributed by atoms with Crippen LogP contribution >= 0.6 is 11.6 Å². The first kappa shape index (κ1) is 9.80. The first-order valence-electron chi connectivity index (χ1n) is 4.26. The summed E-state index contributed by atoms with van der Waals surface area (Å²) in [6.07, 6.45) is 1.61. The maximum absolute atomic E-state index is 12.5. The van der Waals surface area contributed by atoms with E-state index in [0.717, 1.165) is 5.56 Å². The third kappa shape index (κ3) is 2.19. The summed E-state index contributed by atoms with van der Waals surface area (Å²) in [5.41, 5.74) is 0.907. The minimum atomic E-state index is -2.50. The fourth-order valence-corrected chi connectivity index (χ4v) is 1.59. The molecule has 1 aromatic heterocycles. The Bertz CT molecular complexity index is 318. The van der Waals surface area contributed by atoms with Gasteiger partial charge in [-0.2, -0.15) is 0 Å². The van der Waals surface area contributed by atoms with Gasteiger partial charge in [-0.25, -0.2) is 13.8 Å². The van der Waals surface area contributed by atoms with Gasteiger partial charge in [0, 0.05) is 12.7 Å². The predicted molar refractivity (Wildman–Crippen MR) is 49.5 cm³/mol. The topological polar surface area (TPSA) is 16.1 Å². The number of likely N-dealkylation sites (tertiary alicyclic amines) is 1. The number of rotatable bonds is 2. The fourth-order valence-electron chi connectivity index (χ4n) is 1.48. The Morgan fingerprint density at radius 3 is 2.64 bits per heavy atom. The summed E-state index contributed by atoms with van der Waals surface area (Å²) in [7, 11) is 0. The molecule has 0 unspecified atom stereocenters. The van der Waals surface area contributed by atoms with E-state index >= 15 is 0 Å². The summed E-state index contributed by atoms with van der Waals surface area (Å²) in [6, 6.07) is 3.46. The molecular weight excluding hydrogens is 210 g/mol. The highest BCUT2D eigenvalue weighted by atomic mass is 35.5. The second kappa shape index (κ2) is 3.44. The minimum absolute atomic E-state index is 0.157. The second-order valence-corrected chi connectivity index (χ2v) is 3.88. The van der Waals surface area contributed by atoms with Crippen LogP contribution in [-0.2, 0) is 6.54 Å². The molecule has 1 aromatic rings. The molecule has 2 heterocycles. The van der Waals surface area contributed by atoms with Crippen molar-refractivity contribution >= 4 is 11.6 Å². The molecule has 0 bridgehead atoms. The third-order valence-corrected chi connectivity index (χ3v) is 2.33. The maximum atomic E-state index is 12.5. The molecule has 0 aromatic carbocycles. The average Bonchev–Trinajstić information content (AvgIpc) is 2.06. The molecule has 0 radical (unpaired) electrons. The van der Waals surface area contributed by atoms with Crippen LogP contribution in [0, 0.1) is 0 Å². The molecular formula is C9H9ClF2N2. The third-order valence-electron chi connectivity index (χ3n) is 2.10. The lowest BCUT2D eigenvalue weighted by Gasteiger charge is -2.38. The van der Waals surface area contributed by atoms with Crippen LogP contribution in [0.3, 0.4) is 0 Å². The lowest BCUT2D eigenvalue weighted by atomic mass is 10.1. The molecule has 0 atom stereocenters. The highest BCUT2D eigenvalue weighted by molar-refractivity contribution is 6.29. The zero-order valence-corrected chi connectivity index (χ0v) is 8.14. The Hall–Kier alpha value is -0.740. The molecule has 0 aliphatic carbocycles. The molecule has 1 fully saturated rings. The standard InChI is InChI=1S/C9H9ClF2N2/c10-8-2-1-7(3-13-8)4-14-5-9(11,12)6-14/h1-3H,4-6H2. The number of nitrogens with zero attached hydrogens (tertiary/aromatic N) is 2. The summed E-state index contributed by atoms with van der Waals surface area (Å²) < 4.78 is 25.0. The van der Waals surface area contributed by atoms with Gasteiger partial charge in [0.2, 0.25) is 0 Å². The van der Waals surface area contributed by atoms with Crippen LogP contribution in [-0.4, -0.2) is 28.9 Å². The van der Waals surface area contributed by atoms with Gasteiger partial charge in [0.25, 0.3) is 5.92 Å². The molecule has 76 valence electrons. The van der Waals surface area contributed by atoms with Crippen LogP contribution in [0.4, 0.5) is 8.78 Å². The summed E-state index contributed by atoms with van der Waals surface area (Å²) in [5, 5.41) is 0.419. The molecule has 0 N–H and O–H groups in total. The maximum Gasteiger partial charge on any atom is 0.272 e. The van der Waals surface area contributed by atoms with Crippen LogP contribution in [0.15, 0.2) is 18.3 Å². The van der Waals surface area contributed by atoms with Crippen molar-refractivity contribution in [2.24, 2.45) is 0 Å². The molecule has 0 spiro atoms. The fraction of sp³-hybridized carbons (Fsp3) is 0.444. The number of aromatic nitrogens is 1. The van der Waals surface area contributed by atoms with Gasteiger partial charge in [0.05, 0.1) is 13.1 Å². The van der Waals surface area contributed by atoms with Gasteiger partial charge in [0.1, 0.15) is 5.15 Å². The van der Waals surface area contributed by atoms with Crippen LogP contribution in [0.2, 0.25) is 5.15 Å². The summed E-state index contributed by atoms with van der Waals surface area (Å²) >= 11 is 5.60. The second-order valence-electron chi connectivity index (χ2n) is 3.49. The Kier molecular flexibility index (Phi) is 2.41. The average molecular weight is 219 g/mol. The predicted octanol–water partition coefficient (Wildman–Crippen LogP) is 2.19. The minimum Gasteiger partial charge on any atom is -0.287 e. The number of hydrogen-bond acceptors (Lipinski definition) is 2. The van der Waals surface area contributed by atoms with Gasteiger partial charge in [-0.1, -0.05) is 17.7 Å². The highest BCUT2D eigenvalue weighted by Gasteiger charge is 2.43. The van der Waals surface area contributed by atoms with Gasteiger partial charge < -0.3 is 0 Å². The van der Waals surface area contributed by atoms with Crippen molar-refractivity contribution in [1.82, 2.24) is 9.88 Å². The van der Waals surface area contributed by atoms with E-state index in [2.05, 4.69) is 4.98 Å². The van der Waals surface area contributed by atoms with Crippen LogP contribution in [0.1, 0.15) is 5.56 Å². The molecule has 1 aliphatic rings. The van der Waals surface area contributed by atoms with E-state index in [-0.39, 0.29) is 13.1 Å². The van der Waals surface area contributed by atoms with Crippen LogP contribution in [0.5, 0.6) is 0 Å². The van der Waals surface area contributed by atoms with E-state index in [0.29, 0.717) is 11.7 Å². The molecule has 0 saturated carbocycles. The number of pyridine rings is 1. The SMILES string of the molecule is FC1(F)CN(Cc2ccc(Cl)nc2)C1. The Morgan fingerprint density at radius 1 is 1.43 bits per heavy atom. The molecule has 2 nitrogen and oxygen atoms in total. The van der Waals surface area contributed by atoms with Crippen molar-refractivity contribution in [3.8, 4) is 0 Å². The normalized spacial score (nSPS) is 20.5. The van der Waals surface area contributed by atoms with E-state index in [1.54, 1.807) is 23.2 Å². The molecule has 5 heteroatoms. The van der Waals surface area contributed by atoms with E-state index in [1.807, 2.05) is 0 Å². The van der Waals surface area contributed by atoms with Gasteiger partial charge >= 0.3 is 0 Å². The van der Waals surface area contributed by atoms with Gasteiger partial charge in [0.15, 0.2) is 0 Å². The van der Waals surface area contributed by atoms with Crippen molar-refractivity contribution in [1.29, 1.82) is 0 Å². The number of alkyl halides is 2. The van der Waals surface area contributed by atoms with E-state index in [1.165, 1.54) is 0 Å². The highest BCUT2D eigenvalue weighted by Crippen LogP contribution is 2.27. The summed E-state index contributed by atoms with van der Waals surface area (Å²) in [6.45, 7) is 0.199. The molecule has 2 rings (SSSR count). The van der Waals surface area contributed by atoms with E-state index in [4.69, 9.17) is 11.6 Å². The molecule has 1 saturated heterocycles. The Morgan fingerprint density at radius 2 is 2.14 bits per heavy atom. The zero-order valence-electron chi connectivity index (χ0n) is 7.38. The van der Waals surface area contributed by atoms with Crippen molar-refractivity contribution in [3.05, 3.63) is 29.0 Å².